The smallest absolute Gasteiger partial charge is 0.198 e. The number of ketones is 2. The average molecular weight is 433 g/mol. The molecule has 146 valence electrons. The summed E-state index contributed by atoms with van der Waals surface area (Å²) < 4.78 is 0. The lowest BCUT2D eigenvalue weighted by Crippen LogP contribution is -2.21. The van der Waals surface area contributed by atoms with Gasteiger partial charge in [0.15, 0.2) is 11.6 Å². The van der Waals surface area contributed by atoms with Crippen LogP contribution >= 0.6 is 23.4 Å². The van der Waals surface area contributed by atoms with Gasteiger partial charge in [0.25, 0.3) is 0 Å². The Morgan fingerprint density at radius 2 is 1.20 bits per heavy atom. The van der Waals surface area contributed by atoms with Crippen LogP contribution in [-0.2, 0) is 0 Å². The third kappa shape index (κ3) is 2.78. The van der Waals surface area contributed by atoms with Gasteiger partial charge in [0.1, 0.15) is 11.5 Å². The number of aromatic hydroxyl groups is 2. The van der Waals surface area contributed by atoms with Crippen LogP contribution in [0.1, 0.15) is 31.8 Å². The Morgan fingerprint density at radius 3 is 1.80 bits per heavy atom. The maximum atomic E-state index is 13.3. The quantitative estimate of drug-likeness (QED) is 0.343. The van der Waals surface area contributed by atoms with E-state index in [9.17, 15) is 19.8 Å². The Kier molecular flexibility index (Phi) is 4.31. The van der Waals surface area contributed by atoms with Gasteiger partial charge in [0.05, 0.1) is 11.1 Å². The molecule has 0 saturated carbocycles. The maximum absolute atomic E-state index is 13.3. The Bertz CT molecular complexity index is 1380. The highest BCUT2D eigenvalue weighted by molar-refractivity contribution is 7.99. The van der Waals surface area contributed by atoms with Crippen molar-refractivity contribution in [1.82, 2.24) is 0 Å². The van der Waals surface area contributed by atoms with Gasteiger partial charge in [-0.1, -0.05) is 47.6 Å². The van der Waals surface area contributed by atoms with Crippen LogP contribution < -0.4 is 0 Å². The summed E-state index contributed by atoms with van der Waals surface area (Å²) in [5.41, 5.74) is 0.105. The molecule has 1 aliphatic carbocycles. The van der Waals surface area contributed by atoms with E-state index in [4.69, 9.17) is 11.6 Å². The fraction of sp³-hybridized carbons (Fsp3) is 0. The third-order valence-electron chi connectivity index (χ3n) is 5.14. The van der Waals surface area contributed by atoms with Crippen molar-refractivity contribution in [3.8, 4) is 11.5 Å². The van der Waals surface area contributed by atoms with E-state index < -0.39 is 11.6 Å². The van der Waals surface area contributed by atoms with Crippen LogP contribution in [0.2, 0.25) is 5.02 Å². The molecule has 4 aromatic carbocycles. The van der Waals surface area contributed by atoms with Gasteiger partial charge in [0.2, 0.25) is 0 Å². The molecule has 0 fully saturated rings. The molecule has 0 radical (unpaired) electrons. The Morgan fingerprint density at radius 1 is 0.667 bits per heavy atom. The first-order chi connectivity index (χ1) is 14.5. The first kappa shape index (κ1) is 18.7. The van der Waals surface area contributed by atoms with Crippen molar-refractivity contribution in [2.24, 2.45) is 0 Å². The topological polar surface area (TPSA) is 74.6 Å². The van der Waals surface area contributed by atoms with Gasteiger partial charge in [0, 0.05) is 36.7 Å². The van der Waals surface area contributed by atoms with E-state index in [0.29, 0.717) is 15.8 Å². The fourth-order valence-corrected chi connectivity index (χ4v) is 4.71. The molecule has 0 bridgehead atoms. The van der Waals surface area contributed by atoms with E-state index in [-0.39, 0.29) is 33.8 Å². The molecule has 0 heterocycles. The number of hydrogen-bond acceptors (Lipinski definition) is 5. The summed E-state index contributed by atoms with van der Waals surface area (Å²) in [5, 5.41) is 22.7. The summed E-state index contributed by atoms with van der Waals surface area (Å²) in [4.78, 5) is 28.1. The monoisotopic (exact) mass is 432 g/mol. The van der Waals surface area contributed by atoms with E-state index in [0.717, 1.165) is 9.79 Å². The van der Waals surface area contributed by atoms with E-state index in [1.165, 1.54) is 11.8 Å². The molecule has 2 N–H and O–H groups in total. The molecule has 0 spiro atoms. The molecule has 0 aliphatic heterocycles. The van der Waals surface area contributed by atoms with Crippen molar-refractivity contribution in [3.63, 3.8) is 0 Å². The predicted molar refractivity (Wildman–Crippen MR) is 116 cm³/mol. The van der Waals surface area contributed by atoms with Gasteiger partial charge in [-0.25, -0.2) is 0 Å². The SMILES string of the molecule is O=C1c2ccc(Sc3ccc(Cl)cc3)cc2C(=O)c2c1c(O)c1ccccc1c2O. The second-order valence-corrected chi connectivity index (χ2v) is 8.50. The number of phenols is 2. The van der Waals surface area contributed by atoms with E-state index >= 15 is 0 Å². The number of halogens is 1. The number of rotatable bonds is 2. The summed E-state index contributed by atoms with van der Waals surface area (Å²) in [7, 11) is 0. The Hall–Kier alpha value is -3.28. The predicted octanol–water partition coefficient (Wildman–Crippen LogP) is 5.83. The van der Waals surface area contributed by atoms with Crippen molar-refractivity contribution in [2.75, 3.05) is 0 Å². The van der Waals surface area contributed by atoms with Gasteiger partial charge >= 0.3 is 0 Å². The first-order valence-corrected chi connectivity index (χ1v) is 10.3. The molecule has 0 atom stereocenters. The summed E-state index contributed by atoms with van der Waals surface area (Å²) >= 11 is 7.36. The summed E-state index contributed by atoms with van der Waals surface area (Å²) in [5.74, 6) is -1.56. The minimum absolute atomic E-state index is 0.151. The first-order valence-electron chi connectivity index (χ1n) is 9.09. The molecule has 4 nitrogen and oxygen atoms in total. The number of fused-ring (bicyclic) bond motifs is 3. The molecule has 0 saturated heterocycles. The van der Waals surface area contributed by atoms with Crippen LogP contribution in [-0.4, -0.2) is 21.8 Å². The molecule has 1 aliphatic rings. The van der Waals surface area contributed by atoms with Gasteiger partial charge < -0.3 is 10.2 Å². The van der Waals surface area contributed by atoms with Crippen LogP contribution in [0.5, 0.6) is 11.5 Å². The van der Waals surface area contributed by atoms with Crippen molar-refractivity contribution in [3.05, 3.63) is 94.0 Å². The molecular weight excluding hydrogens is 420 g/mol. The largest absolute Gasteiger partial charge is 0.506 e. The minimum atomic E-state index is -0.489. The van der Waals surface area contributed by atoms with Crippen LogP contribution in [0.4, 0.5) is 0 Å². The molecule has 0 amide bonds. The summed E-state index contributed by atoms with van der Waals surface area (Å²) in [6.07, 6.45) is 0. The lowest BCUT2D eigenvalue weighted by molar-refractivity contribution is 0.0974. The molecule has 30 heavy (non-hydrogen) atoms. The van der Waals surface area contributed by atoms with E-state index in [1.54, 1.807) is 54.6 Å². The standard InChI is InChI=1S/C24H13ClO4S/c25-12-5-7-13(8-6-12)30-14-9-10-17-18(11-14)24(29)20-19(23(17)28)21(26)15-3-1-2-4-16(15)22(20)27/h1-11,26-27H. The normalized spacial score (nSPS) is 12.7. The van der Waals surface area contributed by atoms with Crippen LogP contribution in [0, 0.1) is 0 Å². The number of benzene rings is 4. The Balaban J connectivity index is 1.66. The minimum Gasteiger partial charge on any atom is -0.506 e. The van der Waals surface area contributed by atoms with Gasteiger partial charge in [-0.05, 0) is 42.5 Å². The van der Waals surface area contributed by atoms with Gasteiger partial charge in [-0.15, -0.1) is 0 Å². The second-order valence-electron chi connectivity index (χ2n) is 6.91. The molecule has 5 rings (SSSR count). The van der Waals surface area contributed by atoms with Crippen molar-refractivity contribution < 1.29 is 19.8 Å². The third-order valence-corrected chi connectivity index (χ3v) is 6.39. The van der Waals surface area contributed by atoms with Crippen LogP contribution in [0.25, 0.3) is 10.8 Å². The molecular formula is C24H13ClO4S. The van der Waals surface area contributed by atoms with Crippen LogP contribution in [0.3, 0.4) is 0 Å². The summed E-state index contributed by atoms with van der Waals surface area (Å²) in [6, 6.07) is 18.9. The van der Waals surface area contributed by atoms with Gasteiger partial charge in [-0.2, -0.15) is 0 Å². The second kappa shape index (κ2) is 6.90. The molecule has 6 heteroatoms. The molecule has 0 aromatic heterocycles. The van der Waals surface area contributed by atoms with E-state index in [2.05, 4.69) is 0 Å². The average Bonchev–Trinajstić information content (AvgIpc) is 2.76. The highest BCUT2D eigenvalue weighted by Gasteiger charge is 2.36. The number of carbonyl (C=O) groups is 2. The lowest BCUT2D eigenvalue weighted by Gasteiger charge is -2.21. The van der Waals surface area contributed by atoms with Crippen molar-refractivity contribution in [1.29, 1.82) is 0 Å². The highest BCUT2D eigenvalue weighted by atomic mass is 35.5. The zero-order chi connectivity index (χ0) is 21.0. The molecule has 0 unspecified atom stereocenters. The summed E-state index contributed by atoms with van der Waals surface area (Å²) in [6.45, 7) is 0. The zero-order valence-electron chi connectivity index (χ0n) is 15.3. The highest BCUT2D eigenvalue weighted by Crippen LogP contribution is 2.44. The lowest BCUT2D eigenvalue weighted by atomic mass is 9.81. The Labute approximate surface area is 180 Å². The maximum Gasteiger partial charge on any atom is 0.198 e. The molecule has 4 aromatic rings. The van der Waals surface area contributed by atoms with Crippen molar-refractivity contribution in [2.45, 2.75) is 9.79 Å². The van der Waals surface area contributed by atoms with Gasteiger partial charge in [-0.3, -0.25) is 9.59 Å². The van der Waals surface area contributed by atoms with Crippen LogP contribution in [0.15, 0.2) is 76.5 Å². The van der Waals surface area contributed by atoms with Crippen molar-refractivity contribution >= 4 is 45.7 Å². The number of phenolic OH excluding ortho intramolecular Hbond substituents is 2. The van der Waals surface area contributed by atoms with E-state index in [1.807, 2.05) is 12.1 Å². The zero-order valence-corrected chi connectivity index (χ0v) is 16.9. The number of hydrogen-bond donors (Lipinski definition) is 2. The number of carbonyl (C=O) groups excluding carboxylic acids is 2. The fourth-order valence-electron chi connectivity index (χ4n) is 3.73.